The van der Waals surface area contributed by atoms with Crippen LogP contribution in [-0.2, 0) is 12.6 Å². The molecule has 9 heteroatoms. The molecule has 126 valence electrons. The predicted octanol–water partition coefficient (Wildman–Crippen LogP) is 2.94. The van der Waals surface area contributed by atoms with Gasteiger partial charge in [0.05, 0.1) is 23.4 Å². The topological polar surface area (TPSA) is 72.8 Å². The molecule has 1 fully saturated rings. The van der Waals surface area contributed by atoms with Crippen molar-refractivity contribution in [2.24, 2.45) is 0 Å². The molecule has 1 aromatic carbocycles. The van der Waals surface area contributed by atoms with Gasteiger partial charge in [0.1, 0.15) is 11.0 Å². The van der Waals surface area contributed by atoms with E-state index in [1.807, 2.05) is 6.92 Å². The Balaban J connectivity index is 2.00. The number of benzene rings is 1. The van der Waals surface area contributed by atoms with E-state index in [0.717, 1.165) is 17.0 Å². The van der Waals surface area contributed by atoms with E-state index in [-0.39, 0.29) is 6.04 Å². The van der Waals surface area contributed by atoms with Gasteiger partial charge in [0.2, 0.25) is 0 Å². The number of hydrazine groups is 2. The lowest BCUT2D eigenvalue weighted by Gasteiger charge is -2.10. The summed E-state index contributed by atoms with van der Waals surface area (Å²) in [6, 6.07) is 6.38. The molecule has 24 heavy (non-hydrogen) atoms. The zero-order valence-electron chi connectivity index (χ0n) is 12.6. The number of nitrogens with zero attached hydrogens (tertiary/aromatic N) is 2. The van der Waals surface area contributed by atoms with Crippen molar-refractivity contribution in [3.8, 4) is 16.6 Å². The Morgan fingerprint density at radius 2 is 2.12 bits per heavy atom. The van der Waals surface area contributed by atoms with Gasteiger partial charge in [-0.25, -0.2) is 15.8 Å². The molecular weight excluding hydrogens is 339 g/mol. The average molecular weight is 353 g/mol. The molecule has 0 spiro atoms. The molecule has 0 saturated carbocycles. The van der Waals surface area contributed by atoms with E-state index < -0.39 is 17.8 Å². The van der Waals surface area contributed by atoms with E-state index in [0.29, 0.717) is 22.7 Å². The van der Waals surface area contributed by atoms with Gasteiger partial charge in [-0.1, -0.05) is 19.1 Å². The van der Waals surface area contributed by atoms with Crippen LogP contribution < -0.4 is 16.4 Å². The summed E-state index contributed by atoms with van der Waals surface area (Å²) in [7, 11) is 0. The van der Waals surface area contributed by atoms with Crippen molar-refractivity contribution in [3.63, 3.8) is 0 Å². The van der Waals surface area contributed by atoms with Crippen LogP contribution in [0.1, 0.15) is 29.1 Å². The van der Waals surface area contributed by atoms with Gasteiger partial charge in [-0.15, -0.1) is 11.3 Å². The third-order valence-corrected chi connectivity index (χ3v) is 4.97. The van der Waals surface area contributed by atoms with Crippen LogP contribution in [0.5, 0.6) is 0 Å². The lowest BCUT2D eigenvalue weighted by Crippen LogP contribution is -2.32. The van der Waals surface area contributed by atoms with Crippen LogP contribution in [-0.4, -0.2) is 11.0 Å². The summed E-state index contributed by atoms with van der Waals surface area (Å²) < 4.78 is 38.7. The maximum Gasteiger partial charge on any atom is 0.416 e. The Morgan fingerprint density at radius 3 is 2.79 bits per heavy atom. The normalized spacial score (nSPS) is 21.0. The Kier molecular flexibility index (Phi) is 4.56. The first-order chi connectivity index (χ1) is 11.4. The Morgan fingerprint density at radius 1 is 1.33 bits per heavy atom. The second-order valence-electron chi connectivity index (χ2n) is 5.26. The number of hydrogen-bond donors (Lipinski definition) is 3. The third kappa shape index (κ3) is 3.14. The second kappa shape index (κ2) is 6.49. The van der Waals surface area contributed by atoms with E-state index in [1.165, 1.54) is 17.4 Å². The number of alkyl halides is 3. The fraction of sp³-hybridized carbons (Fsp3) is 0.333. The summed E-state index contributed by atoms with van der Waals surface area (Å²) in [6.07, 6.45) is -3.71. The highest BCUT2D eigenvalue weighted by Crippen LogP contribution is 2.36. The number of aryl methyl sites for hydroxylation is 1. The van der Waals surface area contributed by atoms with Gasteiger partial charge in [0, 0.05) is 10.4 Å². The third-order valence-electron chi connectivity index (χ3n) is 3.71. The Bertz CT molecular complexity index is 780. The summed E-state index contributed by atoms with van der Waals surface area (Å²) in [5.41, 5.74) is 8.80. The molecule has 2 heterocycles. The number of nitriles is 1. The lowest BCUT2D eigenvalue weighted by atomic mass is 10.1. The fourth-order valence-corrected chi connectivity index (χ4v) is 3.55. The summed E-state index contributed by atoms with van der Waals surface area (Å²) >= 11 is 1.35. The first-order valence-corrected chi connectivity index (χ1v) is 8.08. The molecule has 2 unspecified atom stereocenters. The van der Waals surface area contributed by atoms with Crippen LogP contribution >= 0.6 is 11.3 Å². The molecule has 0 aliphatic carbocycles. The minimum absolute atomic E-state index is 0.360. The van der Waals surface area contributed by atoms with Crippen LogP contribution in [0, 0.1) is 11.3 Å². The fourth-order valence-electron chi connectivity index (χ4n) is 2.51. The van der Waals surface area contributed by atoms with Crippen LogP contribution in [0.2, 0.25) is 0 Å². The molecule has 2 aromatic rings. The molecule has 1 aliphatic rings. The van der Waals surface area contributed by atoms with Crippen molar-refractivity contribution in [2.45, 2.75) is 31.6 Å². The number of nitrogens with one attached hydrogen (secondary N) is 3. The van der Waals surface area contributed by atoms with E-state index >= 15 is 0 Å². The molecule has 3 N–H and O–H groups in total. The second-order valence-corrected chi connectivity index (χ2v) is 6.34. The van der Waals surface area contributed by atoms with Crippen molar-refractivity contribution >= 4 is 11.3 Å². The number of aromatic nitrogens is 1. The molecule has 0 amide bonds. The minimum atomic E-state index is -4.39. The standard InChI is InChI=1S/C15H14F3N5S/c1-2-11-13(12-10(7-19)21-23-22-12)20-14(24-11)8-4-3-5-9(6-8)15(16,17)18/h3-6,10,12,21-23H,2H2,1H3. The molecule has 1 saturated heterocycles. The molecule has 5 nitrogen and oxygen atoms in total. The van der Waals surface area contributed by atoms with Gasteiger partial charge < -0.3 is 0 Å². The highest BCUT2D eigenvalue weighted by atomic mass is 32.1. The summed E-state index contributed by atoms with van der Waals surface area (Å²) in [6.45, 7) is 1.95. The highest BCUT2D eigenvalue weighted by molar-refractivity contribution is 7.15. The van der Waals surface area contributed by atoms with E-state index in [1.54, 1.807) is 6.07 Å². The maximum atomic E-state index is 12.9. The van der Waals surface area contributed by atoms with Gasteiger partial charge in [-0.3, -0.25) is 0 Å². The minimum Gasteiger partial charge on any atom is -0.239 e. The van der Waals surface area contributed by atoms with Crippen LogP contribution in [0.15, 0.2) is 24.3 Å². The van der Waals surface area contributed by atoms with E-state index in [2.05, 4.69) is 27.4 Å². The van der Waals surface area contributed by atoms with Gasteiger partial charge in [0.15, 0.2) is 0 Å². The first-order valence-electron chi connectivity index (χ1n) is 7.27. The zero-order chi connectivity index (χ0) is 17.3. The predicted molar refractivity (Wildman–Crippen MR) is 83.5 cm³/mol. The van der Waals surface area contributed by atoms with Crippen molar-refractivity contribution in [3.05, 3.63) is 40.4 Å². The van der Waals surface area contributed by atoms with Gasteiger partial charge in [0.25, 0.3) is 0 Å². The van der Waals surface area contributed by atoms with Crippen molar-refractivity contribution in [2.75, 3.05) is 0 Å². The van der Waals surface area contributed by atoms with E-state index in [4.69, 9.17) is 5.26 Å². The SMILES string of the molecule is CCc1sc(-c2cccc(C(F)(F)F)c2)nc1C1NNNC1C#N. The number of hydrogen-bond acceptors (Lipinski definition) is 6. The molecular formula is C15H14F3N5S. The monoisotopic (exact) mass is 353 g/mol. The molecule has 1 aliphatic heterocycles. The molecule has 3 rings (SSSR count). The Labute approximate surface area is 140 Å². The molecule has 1 aromatic heterocycles. The van der Waals surface area contributed by atoms with Crippen LogP contribution in [0.3, 0.4) is 0 Å². The van der Waals surface area contributed by atoms with Crippen molar-refractivity contribution < 1.29 is 13.2 Å². The number of rotatable bonds is 3. The molecule has 0 radical (unpaired) electrons. The zero-order valence-corrected chi connectivity index (χ0v) is 13.4. The smallest absolute Gasteiger partial charge is 0.239 e. The first kappa shape index (κ1) is 16.9. The molecule has 0 bridgehead atoms. The summed E-state index contributed by atoms with van der Waals surface area (Å²) in [5, 5.41) is 9.68. The number of thiazole rings is 1. The Hall–Kier alpha value is -1.99. The maximum absolute atomic E-state index is 12.9. The quantitative estimate of drug-likeness (QED) is 0.791. The largest absolute Gasteiger partial charge is 0.416 e. The van der Waals surface area contributed by atoms with Gasteiger partial charge >= 0.3 is 6.18 Å². The van der Waals surface area contributed by atoms with Crippen molar-refractivity contribution in [1.29, 1.82) is 5.26 Å². The lowest BCUT2D eigenvalue weighted by molar-refractivity contribution is -0.137. The van der Waals surface area contributed by atoms with Gasteiger partial charge in [-0.05, 0) is 18.6 Å². The molecule has 2 atom stereocenters. The summed E-state index contributed by atoms with van der Waals surface area (Å²) in [4.78, 5) is 5.45. The van der Waals surface area contributed by atoms with Crippen LogP contribution in [0.4, 0.5) is 13.2 Å². The highest BCUT2D eigenvalue weighted by Gasteiger charge is 2.33. The number of halogens is 3. The van der Waals surface area contributed by atoms with Crippen LogP contribution in [0.25, 0.3) is 10.6 Å². The summed E-state index contributed by atoms with van der Waals surface area (Å²) in [5.74, 6) is 0. The van der Waals surface area contributed by atoms with E-state index in [9.17, 15) is 13.2 Å². The average Bonchev–Trinajstić information content (AvgIpc) is 3.20. The van der Waals surface area contributed by atoms with Gasteiger partial charge in [-0.2, -0.15) is 24.0 Å². The van der Waals surface area contributed by atoms with Crippen molar-refractivity contribution in [1.82, 2.24) is 21.4 Å².